The minimum Gasteiger partial charge on any atom is -0.454 e. The Morgan fingerprint density at radius 3 is 2.85 bits per heavy atom. The largest absolute Gasteiger partial charge is 0.454 e. The fraction of sp³-hybridized carbons (Fsp3) is 0.550. The van der Waals surface area contributed by atoms with Crippen molar-refractivity contribution >= 4 is 0 Å². The van der Waals surface area contributed by atoms with E-state index in [0.717, 1.165) is 31.1 Å². The molecule has 26 heavy (non-hydrogen) atoms. The number of rotatable bonds is 5. The Balaban J connectivity index is 1.28. The second kappa shape index (κ2) is 6.93. The summed E-state index contributed by atoms with van der Waals surface area (Å²) in [7, 11) is 0. The first-order valence-corrected chi connectivity index (χ1v) is 9.71. The molecule has 3 aliphatic heterocycles. The van der Waals surface area contributed by atoms with E-state index in [2.05, 4.69) is 37.8 Å². The Hall–Kier alpha value is -2.05. The molecule has 1 fully saturated rings. The fourth-order valence-corrected chi connectivity index (χ4v) is 4.43. The molecular weight excluding hydrogens is 328 g/mol. The standard InChI is InChI=1S/C20H26N4O2/c1-2-9-22(8-1)10-6-18-14-23(13-17-5-7-21-24(17)18)12-16-3-4-19-20(11-16)26-15-25-19/h3-5,7,11,18H,1-2,6,8-10,12-15H2. The monoisotopic (exact) mass is 354 g/mol. The van der Waals surface area contributed by atoms with Gasteiger partial charge in [-0.25, -0.2) is 0 Å². The quantitative estimate of drug-likeness (QED) is 0.826. The maximum atomic E-state index is 5.53. The molecule has 1 unspecified atom stereocenters. The number of aromatic nitrogens is 2. The normalized spacial score (nSPS) is 22.7. The molecule has 1 aromatic heterocycles. The molecule has 1 atom stereocenters. The first-order valence-electron chi connectivity index (χ1n) is 9.71. The van der Waals surface area contributed by atoms with Crippen molar-refractivity contribution in [1.29, 1.82) is 0 Å². The van der Waals surface area contributed by atoms with Crippen LogP contribution in [0.1, 0.15) is 36.6 Å². The van der Waals surface area contributed by atoms with Gasteiger partial charge in [-0.3, -0.25) is 9.58 Å². The van der Waals surface area contributed by atoms with Gasteiger partial charge in [0.25, 0.3) is 0 Å². The first-order chi connectivity index (χ1) is 12.8. The van der Waals surface area contributed by atoms with Gasteiger partial charge in [-0.15, -0.1) is 0 Å². The molecule has 0 aliphatic carbocycles. The second-order valence-electron chi connectivity index (χ2n) is 7.62. The number of fused-ring (bicyclic) bond motifs is 2. The highest BCUT2D eigenvalue weighted by atomic mass is 16.7. The number of hydrogen-bond acceptors (Lipinski definition) is 5. The van der Waals surface area contributed by atoms with Crippen molar-refractivity contribution in [2.45, 2.75) is 38.4 Å². The molecule has 3 aliphatic rings. The van der Waals surface area contributed by atoms with Crippen LogP contribution in [0.4, 0.5) is 0 Å². The fourth-order valence-electron chi connectivity index (χ4n) is 4.43. The molecule has 0 spiro atoms. The van der Waals surface area contributed by atoms with Crippen molar-refractivity contribution < 1.29 is 9.47 Å². The minimum absolute atomic E-state index is 0.334. The average molecular weight is 354 g/mol. The van der Waals surface area contributed by atoms with Gasteiger partial charge in [-0.1, -0.05) is 6.07 Å². The third-order valence-corrected chi connectivity index (χ3v) is 5.77. The average Bonchev–Trinajstić information content (AvgIpc) is 3.40. The molecule has 1 saturated heterocycles. The third kappa shape index (κ3) is 3.19. The summed E-state index contributed by atoms with van der Waals surface area (Å²) in [6.07, 6.45) is 5.83. The molecule has 0 amide bonds. The summed E-state index contributed by atoms with van der Waals surface area (Å²) in [5, 5.41) is 4.61. The van der Waals surface area contributed by atoms with E-state index >= 15 is 0 Å². The molecule has 138 valence electrons. The smallest absolute Gasteiger partial charge is 0.231 e. The van der Waals surface area contributed by atoms with Crippen LogP contribution in [0.2, 0.25) is 0 Å². The molecule has 0 saturated carbocycles. The summed E-state index contributed by atoms with van der Waals surface area (Å²) >= 11 is 0. The maximum Gasteiger partial charge on any atom is 0.231 e. The predicted molar refractivity (Wildman–Crippen MR) is 98.2 cm³/mol. The van der Waals surface area contributed by atoms with Crippen LogP contribution >= 0.6 is 0 Å². The van der Waals surface area contributed by atoms with Crippen LogP contribution in [0.15, 0.2) is 30.5 Å². The highest BCUT2D eigenvalue weighted by Crippen LogP contribution is 2.33. The van der Waals surface area contributed by atoms with Gasteiger partial charge in [-0.2, -0.15) is 5.10 Å². The number of likely N-dealkylation sites (tertiary alicyclic amines) is 1. The van der Waals surface area contributed by atoms with Crippen molar-refractivity contribution in [3.8, 4) is 11.5 Å². The molecule has 1 aromatic carbocycles. The molecule has 0 bridgehead atoms. The van der Waals surface area contributed by atoms with E-state index < -0.39 is 0 Å². The van der Waals surface area contributed by atoms with Gasteiger partial charge in [-0.05, 0) is 56.1 Å². The van der Waals surface area contributed by atoms with Gasteiger partial charge in [0.15, 0.2) is 11.5 Å². The molecule has 0 N–H and O–H groups in total. The lowest BCUT2D eigenvalue weighted by atomic mass is 10.1. The Bertz CT molecular complexity index is 769. The van der Waals surface area contributed by atoms with E-state index in [0.29, 0.717) is 12.8 Å². The van der Waals surface area contributed by atoms with Crippen molar-refractivity contribution in [3.05, 3.63) is 41.7 Å². The van der Waals surface area contributed by atoms with E-state index in [9.17, 15) is 0 Å². The minimum atomic E-state index is 0.334. The van der Waals surface area contributed by atoms with Crippen LogP contribution in [0, 0.1) is 0 Å². The van der Waals surface area contributed by atoms with Gasteiger partial charge in [0.2, 0.25) is 6.79 Å². The highest BCUT2D eigenvalue weighted by Gasteiger charge is 2.26. The first kappa shape index (κ1) is 16.1. The zero-order valence-electron chi connectivity index (χ0n) is 15.1. The van der Waals surface area contributed by atoms with Crippen LogP contribution in [-0.4, -0.2) is 52.6 Å². The molecule has 5 rings (SSSR count). The Labute approximate surface area is 154 Å². The van der Waals surface area contributed by atoms with Gasteiger partial charge in [0.1, 0.15) is 0 Å². The van der Waals surface area contributed by atoms with Crippen LogP contribution < -0.4 is 9.47 Å². The van der Waals surface area contributed by atoms with E-state index in [4.69, 9.17) is 9.47 Å². The Morgan fingerprint density at radius 1 is 1.04 bits per heavy atom. The molecule has 4 heterocycles. The molecule has 6 nitrogen and oxygen atoms in total. The molecule has 2 aromatic rings. The summed E-state index contributed by atoms with van der Waals surface area (Å²) in [6.45, 7) is 6.98. The number of benzene rings is 1. The van der Waals surface area contributed by atoms with Gasteiger partial charge >= 0.3 is 0 Å². The van der Waals surface area contributed by atoms with Crippen LogP contribution in [0.3, 0.4) is 0 Å². The summed E-state index contributed by atoms with van der Waals surface area (Å²) in [6, 6.07) is 8.92. The molecular formula is C20H26N4O2. The zero-order chi connectivity index (χ0) is 17.3. The van der Waals surface area contributed by atoms with Crippen LogP contribution in [0.25, 0.3) is 0 Å². The van der Waals surface area contributed by atoms with Crippen LogP contribution in [0.5, 0.6) is 11.5 Å². The molecule has 0 radical (unpaired) electrons. The van der Waals surface area contributed by atoms with Crippen molar-refractivity contribution in [1.82, 2.24) is 19.6 Å². The van der Waals surface area contributed by atoms with Gasteiger partial charge in [0.05, 0.1) is 11.7 Å². The molecule has 6 heteroatoms. The Kier molecular flexibility index (Phi) is 4.30. The summed E-state index contributed by atoms with van der Waals surface area (Å²) in [4.78, 5) is 5.13. The number of ether oxygens (including phenoxy) is 2. The van der Waals surface area contributed by atoms with E-state index in [1.54, 1.807) is 0 Å². The van der Waals surface area contributed by atoms with Crippen molar-refractivity contribution in [2.24, 2.45) is 0 Å². The topological polar surface area (TPSA) is 42.8 Å². The Morgan fingerprint density at radius 2 is 1.92 bits per heavy atom. The van der Waals surface area contributed by atoms with Crippen molar-refractivity contribution in [2.75, 3.05) is 33.0 Å². The number of nitrogens with zero attached hydrogens (tertiary/aromatic N) is 4. The second-order valence-corrected chi connectivity index (χ2v) is 7.62. The zero-order valence-corrected chi connectivity index (χ0v) is 15.1. The predicted octanol–water partition coefficient (Wildman–Crippen LogP) is 2.65. The third-order valence-electron chi connectivity index (χ3n) is 5.77. The van der Waals surface area contributed by atoms with E-state index in [1.807, 2.05) is 12.3 Å². The highest BCUT2D eigenvalue weighted by molar-refractivity contribution is 5.44. The van der Waals surface area contributed by atoms with Crippen molar-refractivity contribution in [3.63, 3.8) is 0 Å². The van der Waals surface area contributed by atoms with Gasteiger partial charge < -0.3 is 14.4 Å². The summed E-state index contributed by atoms with van der Waals surface area (Å²) in [5.41, 5.74) is 2.60. The lowest BCUT2D eigenvalue weighted by Gasteiger charge is -2.34. The van der Waals surface area contributed by atoms with E-state index in [-0.39, 0.29) is 0 Å². The number of hydrogen-bond donors (Lipinski definition) is 0. The summed E-state index contributed by atoms with van der Waals surface area (Å²) in [5.74, 6) is 1.73. The maximum absolute atomic E-state index is 5.53. The lowest BCUT2D eigenvalue weighted by Crippen LogP contribution is -2.38. The SMILES string of the molecule is c1cc2n(n1)C(CCN1CCCC1)CN(Cc1ccc3c(c1)OCO3)C2. The lowest BCUT2D eigenvalue weighted by molar-refractivity contribution is 0.152. The summed E-state index contributed by atoms with van der Waals surface area (Å²) < 4.78 is 13.2. The van der Waals surface area contributed by atoms with Gasteiger partial charge in [0, 0.05) is 32.4 Å². The van der Waals surface area contributed by atoms with Crippen LogP contribution in [-0.2, 0) is 13.1 Å². The van der Waals surface area contributed by atoms with E-state index in [1.165, 1.54) is 50.2 Å².